The van der Waals surface area contributed by atoms with E-state index in [1.54, 1.807) is 0 Å². The van der Waals surface area contributed by atoms with Gasteiger partial charge in [0.15, 0.2) is 0 Å². The summed E-state index contributed by atoms with van der Waals surface area (Å²) in [7, 11) is 11.3. The van der Waals surface area contributed by atoms with E-state index in [1.807, 2.05) is 34.9 Å². The Balaban J connectivity index is 0.000000257. The van der Waals surface area contributed by atoms with Crippen molar-refractivity contribution in [2.24, 2.45) is 0 Å². The van der Waals surface area contributed by atoms with Gasteiger partial charge in [-0.25, -0.2) is 0 Å². The fraction of sp³-hybridized carbons (Fsp3) is 0.276. The van der Waals surface area contributed by atoms with Crippen molar-refractivity contribution in [3.05, 3.63) is 122 Å². The van der Waals surface area contributed by atoms with Gasteiger partial charge >= 0.3 is 73.4 Å². The summed E-state index contributed by atoms with van der Waals surface area (Å²) < 4.78 is 1.92. The van der Waals surface area contributed by atoms with Crippen molar-refractivity contribution >= 4 is 24.0 Å². The Morgan fingerprint density at radius 1 is 0.667 bits per heavy atom. The first-order valence-electron chi connectivity index (χ1n) is 11.1. The number of nitrogens with zero attached hydrogens (tertiary/aromatic N) is 1. The summed E-state index contributed by atoms with van der Waals surface area (Å²) in [6.45, 7) is 13.1. The third-order valence-corrected chi connectivity index (χ3v) is 7.73. The number of aryl methyl sites for hydroxylation is 6. The second-order valence-electron chi connectivity index (χ2n) is 8.77. The van der Waals surface area contributed by atoms with Gasteiger partial charge in [-0.1, -0.05) is 58.6 Å². The van der Waals surface area contributed by atoms with Crippen molar-refractivity contribution in [3.8, 4) is 0 Å². The predicted octanol–water partition coefficient (Wildman–Crippen LogP) is 9.03. The third kappa shape index (κ3) is 6.97. The Hall–Kier alpha value is -1.57. The van der Waals surface area contributed by atoms with Crippen molar-refractivity contribution in [2.45, 2.75) is 53.6 Å². The number of rotatable bonds is 3. The molecule has 2 atom stereocenters. The van der Waals surface area contributed by atoms with Crippen LogP contribution in [-0.4, -0.2) is 4.61 Å². The topological polar surface area (TPSA) is 14.1 Å². The standard InChI is InChI=1S/C22H26N.C7H6.2ClH.Ru/c1-13-9-15(3)21(16(4)10-13)19-7-8-20(23-19)22-17(5)11-14(2)12-18(22)6;1-7-5-3-2-4-6-7;;;/h7-12,19-20H,1-6H3;1-6H;2*1H;/q-1;;;;+2/p-2. The Kier molecular flexibility index (Phi) is 9.25. The van der Waals surface area contributed by atoms with Gasteiger partial charge in [-0.05, 0) is 63.8 Å². The first kappa shape index (κ1) is 26.0. The molecule has 33 heavy (non-hydrogen) atoms. The molecule has 3 aromatic carbocycles. The Labute approximate surface area is 212 Å². The van der Waals surface area contributed by atoms with Crippen molar-refractivity contribution < 1.29 is 13.5 Å². The second-order valence-corrected chi connectivity index (χ2v) is 14.5. The molecule has 2 unspecified atom stereocenters. The Morgan fingerprint density at radius 3 is 1.42 bits per heavy atom. The first-order valence-corrected chi connectivity index (χ1v) is 16.6. The van der Waals surface area contributed by atoms with E-state index in [2.05, 4.69) is 78.0 Å². The molecule has 0 saturated heterocycles. The normalized spacial score (nSPS) is 17.4. The maximum absolute atomic E-state index is 5.67. The van der Waals surface area contributed by atoms with Gasteiger partial charge < -0.3 is 5.32 Å². The van der Waals surface area contributed by atoms with Gasteiger partial charge in [0.05, 0.1) is 0 Å². The molecule has 0 aromatic heterocycles. The molecule has 4 rings (SSSR count). The zero-order valence-corrected chi connectivity index (χ0v) is 23.4. The van der Waals surface area contributed by atoms with Crippen LogP contribution in [0.15, 0.2) is 66.7 Å². The summed E-state index contributed by atoms with van der Waals surface area (Å²) in [5, 5.41) is 5.12. The molecule has 176 valence electrons. The molecule has 0 N–H and O–H groups in total. The van der Waals surface area contributed by atoms with Gasteiger partial charge in [-0.2, -0.15) is 0 Å². The maximum atomic E-state index is 5.67. The van der Waals surface area contributed by atoms with Crippen LogP contribution in [0.5, 0.6) is 0 Å². The number of halogens is 2. The van der Waals surface area contributed by atoms with Crippen molar-refractivity contribution in [2.75, 3.05) is 0 Å². The van der Waals surface area contributed by atoms with E-state index in [9.17, 15) is 0 Å². The molecule has 0 saturated carbocycles. The molecule has 0 spiro atoms. The average molecular weight is 567 g/mol. The SMILES string of the molecule is Cc1cc(C)c(C2C=CC(c3c(C)cc(C)cc3C)[N-]2)c(C)c1.[Cl][Ru]([Cl])=[CH]c1ccccc1. The van der Waals surface area contributed by atoms with Crippen LogP contribution in [0.2, 0.25) is 0 Å². The van der Waals surface area contributed by atoms with Crippen molar-refractivity contribution in [1.29, 1.82) is 0 Å². The summed E-state index contributed by atoms with van der Waals surface area (Å²) in [5.41, 5.74) is 11.9. The molecule has 0 radical (unpaired) electrons. The molecule has 1 aliphatic rings. The van der Waals surface area contributed by atoms with E-state index >= 15 is 0 Å². The fourth-order valence-electron chi connectivity index (χ4n) is 4.75. The molecule has 1 aliphatic heterocycles. The molecular formula is C29H32Cl2NRu-. The Bertz CT molecular complexity index is 1070. The zero-order valence-electron chi connectivity index (χ0n) is 20.1. The molecule has 4 heteroatoms. The van der Waals surface area contributed by atoms with Gasteiger partial charge in [-0.3, -0.25) is 0 Å². The van der Waals surface area contributed by atoms with E-state index in [0.29, 0.717) is 0 Å². The van der Waals surface area contributed by atoms with E-state index in [4.69, 9.17) is 24.7 Å². The number of benzene rings is 3. The van der Waals surface area contributed by atoms with Crippen molar-refractivity contribution in [1.82, 2.24) is 0 Å². The number of hydrogen-bond donors (Lipinski definition) is 0. The fourth-order valence-corrected chi connectivity index (χ4v) is 6.58. The summed E-state index contributed by atoms with van der Waals surface area (Å²) in [6.07, 6.45) is 4.54. The van der Waals surface area contributed by atoms with E-state index in [0.717, 1.165) is 5.56 Å². The minimum atomic E-state index is -1.61. The second kappa shape index (κ2) is 11.7. The molecule has 0 bridgehead atoms. The molecule has 0 fully saturated rings. The number of hydrogen-bond acceptors (Lipinski definition) is 0. The van der Waals surface area contributed by atoms with Crippen LogP contribution in [0.1, 0.15) is 62.2 Å². The van der Waals surface area contributed by atoms with Gasteiger partial charge in [-0.15, -0.1) is 12.2 Å². The van der Waals surface area contributed by atoms with E-state index in [-0.39, 0.29) is 12.1 Å². The average Bonchev–Trinajstić information content (AvgIpc) is 3.16. The van der Waals surface area contributed by atoms with Crippen LogP contribution in [0, 0.1) is 41.5 Å². The molecule has 1 heterocycles. The van der Waals surface area contributed by atoms with Crippen LogP contribution in [0.3, 0.4) is 0 Å². The van der Waals surface area contributed by atoms with E-state index in [1.165, 1.54) is 44.5 Å². The van der Waals surface area contributed by atoms with E-state index < -0.39 is 13.5 Å². The summed E-state index contributed by atoms with van der Waals surface area (Å²) in [6, 6.07) is 19.3. The quantitative estimate of drug-likeness (QED) is 0.222. The van der Waals surface area contributed by atoms with Crippen LogP contribution < -0.4 is 0 Å². The van der Waals surface area contributed by atoms with Gasteiger partial charge in [0.2, 0.25) is 0 Å². The molecule has 0 amide bonds. The van der Waals surface area contributed by atoms with Crippen LogP contribution in [0.25, 0.3) is 5.32 Å². The monoisotopic (exact) mass is 566 g/mol. The third-order valence-electron chi connectivity index (χ3n) is 5.86. The molecular weight excluding hydrogens is 534 g/mol. The predicted molar refractivity (Wildman–Crippen MR) is 143 cm³/mol. The van der Waals surface area contributed by atoms with Crippen LogP contribution >= 0.6 is 19.4 Å². The van der Waals surface area contributed by atoms with Crippen LogP contribution in [0.4, 0.5) is 0 Å². The van der Waals surface area contributed by atoms with Gasteiger partial charge in [0, 0.05) is 0 Å². The van der Waals surface area contributed by atoms with Crippen LogP contribution in [-0.2, 0) is 13.5 Å². The van der Waals surface area contributed by atoms with Gasteiger partial charge in [0.1, 0.15) is 0 Å². The first-order chi connectivity index (χ1) is 15.7. The summed E-state index contributed by atoms with van der Waals surface area (Å²) >= 11 is -1.61. The zero-order chi connectivity index (χ0) is 24.1. The molecule has 0 aliphatic carbocycles. The molecule has 3 aromatic rings. The molecule has 1 nitrogen and oxygen atoms in total. The summed E-state index contributed by atoms with van der Waals surface area (Å²) in [5.74, 6) is 0. The van der Waals surface area contributed by atoms with Gasteiger partial charge in [0.25, 0.3) is 0 Å². The van der Waals surface area contributed by atoms with Crippen molar-refractivity contribution in [3.63, 3.8) is 0 Å². The Morgan fingerprint density at radius 2 is 1.06 bits per heavy atom. The minimum absolute atomic E-state index is 0.181. The summed E-state index contributed by atoms with van der Waals surface area (Å²) in [4.78, 5) is 0.